The van der Waals surface area contributed by atoms with Gasteiger partial charge in [0.25, 0.3) is 0 Å². The predicted molar refractivity (Wildman–Crippen MR) is 254 cm³/mol. The molecule has 65 heavy (non-hydrogen) atoms. The van der Waals surface area contributed by atoms with Crippen LogP contribution >= 0.6 is 0 Å². The van der Waals surface area contributed by atoms with E-state index in [1.54, 1.807) is 42.9 Å². The molecule has 1 aromatic carbocycles. The van der Waals surface area contributed by atoms with E-state index in [1.165, 1.54) is 0 Å². The van der Waals surface area contributed by atoms with Gasteiger partial charge in [-0.25, -0.2) is 0 Å². The summed E-state index contributed by atoms with van der Waals surface area (Å²) in [4.78, 5) is 89.4. The first-order chi connectivity index (χ1) is 30.4. The van der Waals surface area contributed by atoms with Gasteiger partial charge in [0.2, 0.25) is 11.8 Å². The summed E-state index contributed by atoms with van der Waals surface area (Å²) in [6.45, 7) is 23.0. The highest BCUT2D eigenvalue weighted by Gasteiger charge is 2.44. The van der Waals surface area contributed by atoms with E-state index in [-0.39, 0.29) is 98.1 Å². The number of likely N-dealkylation sites (N-methyl/N-ethyl adjacent to an activating group) is 3. The third-order valence-corrected chi connectivity index (χ3v) is 13.9. The lowest BCUT2D eigenvalue weighted by Gasteiger charge is -2.42. The molecule has 2 rings (SSSR count). The number of amides is 2. The third-order valence-electron chi connectivity index (χ3n) is 13.9. The summed E-state index contributed by atoms with van der Waals surface area (Å²) >= 11 is 0. The number of nitrogens with zero attached hydrogens (tertiary/aromatic N) is 4. The number of hydrogen-bond acceptors (Lipinski definition) is 11. The Hall–Kier alpha value is -3.72. The third kappa shape index (κ3) is 16.8. The van der Waals surface area contributed by atoms with E-state index in [0.717, 1.165) is 12.0 Å². The number of carbonyl (C=O) groups is 6. The second-order valence-electron chi connectivity index (χ2n) is 20.1. The molecular formula is C51H86N4O10. The Morgan fingerprint density at radius 2 is 1.49 bits per heavy atom. The van der Waals surface area contributed by atoms with Crippen molar-refractivity contribution in [3.8, 4) is 0 Å². The van der Waals surface area contributed by atoms with Gasteiger partial charge in [-0.2, -0.15) is 0 Å². The van der Waals surface area contributed by atoms with Gasteiger partial charge in [0.15, 0.2) is 5.78 Å². The van der Waals surface area contributed by atoms with Gasteiger partial charge in [0.05, 0.1) is 49.2 Å². The quantitative estimate of drug-likeness (QED) is 0.0852. The number of benzene rings is 1. The lowest BCUT2D eigenvalue weighted by atomic mass is 9.83. The Morgan fingerprint density at radius 3 is 2.00 bits per heavy atom. The zero-order chi connectivity index (χ0) is 49.3. The Morgan fingerprint density at radius 1 is 0.862 bits per heavy atom. The first-order valence-electron chi connectivity index (χ1n) is 24.0. The second-order valence-corrected chi connectivity index (χ2v) is 20.1. The molecule has 370 valence electrons. The Labute approximate surface area is 391 Å². The molecule has 0 aromatic heterocycles. The van der Waals surface area contributed by atoms with Crippen LogP contribution in [0.2, 0.25) is 0 Å². The first kappa shape index (κ1) is 57.4. The van der Waals surface area contributed by atoms with Crippen molar-refractivity contribution < 1.29 is 48.1 Å². The normalized spacial score (nSPS) is 18.3. The van der Waals surface area contributed by atoms with Crippen LogP contribution in [-0.2, 0) is 49.4 Å². The summed E-state index contributed by atoms with van der Waals surface area (Å²) in [5, 5.41) is 9.22. The van der Waals surface area contributed by atoms with Gasteiger partial charge in [-0.1, -0.05) is 92.1 Å². The molecule has 1 heterocycles. The maximum Gasteiger partial charge on any atom is 0.317 e. The highest BCUT2D eigenvalue weighted by molar-refractivity contribution is 5.90. The first-order valence-corrected chi connectivity index (χ1v) is 24.0. The number of rotatable bonds is 29. The summed E-state index contributed by atoms with van der Waals surface area (Å²) in [6, 6.07) is 8.20. The number of carboxylic acids is 1. The number of methoxy groups -OCH3 is 2. The van der Waals surface area contributed by atoms with Crippen LogP contribution in [-0.4, -0.2) is 157 Å². The number of esters is 1. The zero-order valence-electron chi connectivity index (χ0n) is 42.6. The molecule has 0 aliphatic carbocycles. The number of hydrogen-bond donors (Lipinski definition) is 1. The number of carbonyl (C=O) groups excluding carboxylic acids is 5. The highest BCUT2D eigenvalue weighted by atomic mass is 16.5. The Bertz CT molecular complexity index is 1670. The Kier molecular flexibility index (Phi) is 24.0. The van der Waals surface area contributed by atoms with Crippen molar-refractivity contribution in [1.29, 1.82) is 0 Å². The second kappa shape index (κ2) is 27.2. The van der Waals surface area contributed by atoms with Gasteiger partial charge in [0, 0.05) is 64.6 Å². The summed E-state index contributed by atoms with van der Waals surface area (Å²) in [6.07, 6.45) is 1.07. The molecule has 0 saturated carbocycles. The molecule has 1 fully saturated rings. The maximum atomic E-state index is 14.6. The molecule has 9 atom stereocenters. The van der Waals surface area contributed by atoms with Crippen molar-refractivity contribution >= 4 is 35.3 Å². The van der Waals surface area contributed by atoms with Crippen LogP contribution in [0.3, 0.4) is 0 Å². The van der Waals surface area contributed by atoms with E-state index in [2.05, 4.69) is 32.6 Å². The molecule has 1 aromatic rings. The highest BCUT2D eigenvalue weighted by Crippen LogP contribution is 2.32. The van der Waals surface area contributed by atoms with Gasteiger partial charge in [-0.3, -0.25) is 38.6 Å². The molecule has 0 radical (unpaired) electrons. The van der Waals surface area contributed by atoms with E-state index in [9.17, 15) is 33.9 Å². The van der Waals surface area contributed by atoms with E-state index in [1.807, 2.05) is 78.9 Å². The van der Waals surface area contributed by atoms with Crippen LogP contribution < -0.4 is 0 Å². The van der Waals surface area contributed by atoms with Gasteiger partial charge in [-0.05, 0) is 76.9 Å². The average Bonchev–Trinajstić information content (AvgIpc) is 3.73. The molecule has 2 amide bonds. The van der Waals surface area contributed by atoms with Crippen LogP contribution in [0.1, 0.15) is 120 Å². The molecule has 1 aliphatic rings. The van der Waals surface area contributed by atoms with Crippen LogP contribution in [0.25, 0.3) is 0 Å². The van der Waals surface area contributed by atoms with Crippen LogP contribution in [0.15, 0.2) is 30.3 Å². The number of ketones is 2. The summed E-state index contributed by atoms with van der Waals surface area (Å²) < 4.78 is 17.8. The minimum Gasteiger partial charge on any atom is -0.480 e. The summed E-state index contributed by atoms with van der Waals surface area (Å²) in [7, 11) is 6.85. The Balaban J connectivity index is 2.32. The molecular weight excluding hydrogens is 829 g/mol. The van der Waals surface area contributed by atoms with E-state index in [4.69, 9.17) is 14.2 Å². The number of Topliss-reactive ketones (excluding diaryl/α,β-unsaturated/α-hetero) is 2. The smallest absolute Gasteiger partial charge is 0.317 e. The van der Waals surface area contributed by atoms with Crippen molar-refractivity contribution in [2.75, 3.05) is 61.1 Å². The van der Waals surface area contributed by atoms with Crippen molar-refractivity contribution in [1.82, 2.24) is 19.6 Å². The zero-order valence-corrected chi connectivity index (χ0v) is 42.6. The predicted octanol–water partition coefficient (Wildman–Crippen LogP) is 6.66. The van der Waals surface area contributed by atoms with Crippen molar-refractivity contribution in [3.63, 3.8) is 0 Å². The molecule has 1 N–H and O–H groups in total. The number of aliphatic carboxylic acids is 1. The summed E-state index contributed by atoms with van der Waals surface area (Å²) in [5.74, 6) is -4.05. The van der Waals surface area contributed by atoms with Crippen molar-refractivity contribution in [3.05, 3.63) is 35.9 Å². The van der Waals surface area contributed by atoms with Gasteiger partial charge >= 0.3 is 11.9 Å². The number of ether oxygens (including phenoxy) is 3. The van der Waals surface area contributed by atoms with Crippen LogP contribution in [0.4, 0.5) is 0 Å². The minimum atomic E-state index is -0.969. The molecule has 0 spiro atoms. The number of likely N-dealkylation sites (tertiary alicyclic amines) is 1. The number of carboxylic acid groups (broad SMARTS) is 1. The molecule has 0 unspecified atom stereocenters. The van der Waals surface area contributed by atoms with Gasteiger partial charge in [-0.15, -0.1) is 0 Å². The molecule has 1 saturated heterocycles. The monoisotopic (exact) mass is 915 g/mol. The van der Waals surface area contributed by atoms with Crippen LogP contribution in [0, 0.1) is 35.5 Å². The largest absolute Gasteiger partial charge is 0.480 e. The standard InChI is InChI=1S/C51H86N4O10/c1-16-35(7)47(52(12)49(61)39(33(3)4)30-42(57)46(34(5)6)53(13)51(9,10)11)43(63-14)31-44(58)55-25-21-24-40(55)48(64-15)36(8)41(56)29-38(28-37-22-19-18-20-23-37)50(62)65-27-26-54(17-2)32-45(59)60/h18-20,22-23,33-36,38-40,43,46-48H,16-17,21,24-32H2,1-15H3,(H,59,60)/t35-,36-,38+,39-,40-,43+,46-,47-,48+/m0/s1. The van der Waals surface area contributed by atoms with Gasteiger partial charge in [0.1, 0.15) is 12.4 Å². The minimum absolute atomic E-state index is 0.00236. The fourth-order valence-corrected chi connectivity index (χ4v) is 9.50. The van der Waals surface area contributed by atoms with E-state index in [0.29, 0.717) is 25.9 Å². The SMILES string of the molecule is CC[C@H](C)[C@@H]([C@@H](CC(=O)N1CCC[C@H]1[C@H](OC)[C@@H](C)C(=O)C[C@@H](Cc1ccccc1)C(=O)OCCN(CC)CC(=O)O)OC)N(C)C(=O)[C@@H](CC(=O)[C@H](C(C)C)N(C)C(C)(C)C)C(C)C. The maximum absolute atomic E-state index is 14.6. The topological polar surface area (TPSA) is 163 Å². The van der Waals surface area contributed by atoms with Crippen LogP contribution in [0.5, 0.6) is 0 Å². The van der Waals surface area contributed by atoms with Crippen molar-refractivity contribution in [2.45, 2.75) is 157 Å². The van der Waals surface area contributed by atoms with Gasteiger partial charge < -0.3 is 29.1 Å². The lowest BCUT2D eigenvalue weighted by molar-refractivity contribution is -0.152. The lowest BCUT2D eigenvalue weighted by Crippen LogP contribution is -2.55. The molecule has 14 heteroatoms. The molecule has 14 nitrogen and oxygen atoms in total. The fourth-order valence-electron chi connectivity index (χ4n) is 9.50. The fraction of sp³-hybridized carbons (Fsp3) is 0.765. The van der Waals surface area contributed by atoms with Crippen molar-refractivity contribution in [2.24, 2.45) is 35.5 Å². The van der Waals surface area contributed by atoms with E-state index < -0.39 is 54.0 Å². The molecule has 1 aliphatic heterocycles. The summed E-state index contributed by atoms with van der Waals surface area (Å²) in [5.41, 5.74) is 0.634. The average molecular weight is 915 g/mol. The molecule has 0 bridgehead atoms. The van der Waals surface area contributed by atoms with E-state index >= 15 is 0 Å².